The summed E-state index contributed by atoms with van der Waals surface area (Å²) in [5, 5.41) is 0. The lowest BCUT2D eigenvalue weighted by molar-refractivity contribution is 1.20. The molecule has 0 radical (unpaired) electrons. The van der Waals surface area contributed by atoms with Crippen molar-refractivity contribution in [2.75, 3.05) is 0 Å². The monoisotopic (exact) mass is 336 g/mol. The Morgan fingerprint density at radius 3 is 1.92 bits per heavy atom. The highest BCUT2D eigenvalue weighted by molar-refractivity contribution is 5.80. The molecule has 126 valence electrons. The molecule has 0 saturated carbocycles. The quantitative estimate of drug-likeness (QED) is 0.452. The molecule has 0 saturated heterocycles. The van der Waals surface area contributed by atoms with Crippen molar-refractivity contribution in [2.45, 2.75) is 13.8 Å². The second-order valence-electron chi connectivity index (χ2n) is 6.50. The van der Waals surface area contributed by atoms with Crippen molar-refractivity contribution in [1.29, 1.82) is 0 Å². The van der Waals surface area contributed by atoms with Crippen molar-refractivity contribution in [1.82, 2.24) is 9.97 Å². The summed E-state index contributed by atoms with van der Waals surface area (Å²) in [6, 6.07) is 27.0. The van der Waals surface area contributed by atoms with Crippen molar-refractivity contribution < 1.29 is 0 Å². The molecule has 1 aromatic heterocycles. The molecule has 4 rings (SSSR count). The fourth-order valence-corrected chi connectivity index (χ4v) is 3.14. The van der Waals surface area contributed by atoms with Gasteiger partial charge in [-0.1, -0.05) is 78.4 Å². The lowest BCUT2D eigenvalue weighted by atomic mass is 10.0. The molecule has 0 N–H and O–H groups in total. The van der Waals surface area contributed by atoms with Crippen LogP contribution in [0.4, 0.5) is 0 Å². The van der Waals surface area contributed by atoms with Gasteiger partial charge < -0.3 is 0 Å². The summed E-state index contributed by atoms with van der Waals surface area (Å²) in [7, 11) is 0. The van der Waals surface area contributed by atoms with Gasteiger partial charge >= 0.3 is 0 Å². The first kappa shape index (κ1) is 16.2. The average molecular weight is 336 g/mol. The second kappa shape index (κ2) is 6.93. The van der Waals surface area contributed by atoms with Crippen LogP contribution in [-0.4, -0.2) is 9.97 Å². The number of hydrogen-bond donors (Lipinski definition) is 0. The van der Waals surface area contributed by atoms with Crippen molar-refractivity contribution in [3.05, 3.63) is 96.2 Å². The summed E-state index contributed by atoms with van der Waals surface area (Å²) >= 11 is 0. The van der Waals surface area contributed by atoms with Gasteiger partial charge in [0, 0.05) is 16.7 Å². The first-order valence-electron chi connectivity index (χ1n) is 8.78. The van der Waals surface area contributed by atoms with Crippen molar-refractivity contribution >= 4 is 0 Å². The zero-order valence-corrected chi connectivity index (χ0v) is 15.0. The Morgan fingerprint density at radius 1 is 0.654 bits per heavy atom. The summed E-state index contributed by atoms with van der Waals surface area (Å²) in [6.45, 7) is 4.22. The summed E-state index contributed by atoms with van der Waals surface area (Å²) in [4.78, 5) is 9.84. The molecule has 0 bridgehead atoms. The van der Waals surface area contributed by atoms with Gasteiger partial charge in [0.1, 0.15) is 0 Å². The summed E-state index contributed by atoms with van der Waals surface area (Å²) in [5.41, 5.74) is 8.44. The zero-order valence-electron chi connectivity index (χ0n) is 15.0. The maximum absolute atomic E-state index is 5.03. The molecule has 2 heteroatoms. The van der Waals surface area contributed by atoms with Crippen LogP contribution in [-0.2, 0) is 0 Å². The Bertz CT molecular complexity index is 1040. The molecule has 3 aromatic carbocycles. The molecule has 0 aliphatic heterocycles. The van der Waals surface area contributed by atoms with E-state index in [-0.39, 0.29) is 0 Å². The van der Waals surface area contributed by atoms with E-state index in [1.807, 2.05) is 42.6 Å². The van der Waals surface area contributed by atoms with Crippen molar-refractivity contribution in [3.63, 3.8) is 0 Å². The van der Waals surface area contributed by atoms with Crippen LogP contribution in [0.2, 0.25) is 0 Å². The van der Waals surface area contributed by atoms with E-state index in [1.165, 1.54) is 11.1 Å². The number of aromatic nitrogens is 2. The molecule has 26 heavy (non-hydrogen) atoms. The van der Waals surface area contributed by atoms with Gasteiger partial charge in [0.05, 0.1) is 23.3 Å². The van der Waals surface area contributed by atoms with E-state index in [0.717, 1.165) is 33.8 Å². The first-order chi connectivity index (χ1) is 12.7. The third-order valence-electron chi connectivity index (χ3n) is 4.54. The molecule has 0 fully saturated rings. The van der Waals surface area contributed by atoms with Crippen LogP contribution < -0.4 is 0 Å². The highest BCUT2D eigenvalue weighted by atomic mass is 14.8. The van der Waals surface area contributed by atoms with Crippen LogP contribution in [0.15, 0.2) is 85.1 Å². The molecular formula is C24H20N2. The highest BCUT2D eigenvalue weighted by Gasteiger charge is 2.13. The largest absolute Gasteiger partial charge is 0.252 e. The van der Waals surface area contributed by atoms with Crippen molar-refractivity contribution in [2.24, 2.45) is 0 Å². The maximum Gasteiger partial charge on any atom is 0.0972 e. The van der Waals surface area contributed by atoms with Gasteiger partial charge in [-0.3, -0.25) is 4.98 Å². The standard InChI is InChI=1S/C24H20N2/c1-17-13-14-18(2)21(15-17)22-16-25-23(19-9-5-3-6-10-19)24(26-22)20-11-7-4-8-12-20/h3-16H,1-2H3. The molecule has 0 aliphatic carbocycles. The van der Waals surface area contributed by atoms with Crippen molar-refractivity contribution in [3.8, 4) is 33.8 Å². The van der Waals surface area contributed by atoms with Crippen LogP contribution in [0.5, 0.6) is 0 Å². The van der Waals surface area contributed by atoms with Crippen LogP contribution in [0.3, 0.4) is 0 Å². The molecule has 0 unspecified atom stereocenters. The number of nitrogens with zero attached hydrogens (tertiary/aromatic N) is 2. The maximum atomic E-state index is 5.03. The molecule has 0 atom stereocenters. The van der Waals surface area contributed by atoms with Gasteiger partial charge in [-0.05, 0) is 25.5 Å². The predicted molar refractivity (Wildman–Crippen MR) is 108 cm³/mol. The Balaban J connectivity index is 1.94. The lowest BCUT2D eigenvalue weighted by Crippen LogP contribution is -1.97. The van der Waals surface area contributed by atoms with Gasteiger partial charge in [0.15, 0.2) is 0 Å². The number of rotatable bonds is 3. The topological polar surface area (TPSA) is 25.8 Å². The fourth-order valence-electron chi connectivity index (χ4n) is 3.14. The van der Waals surface area contributed by atoms with E-state index in [0.29, 0.717) is 0 Å². The van der Waals surface area contributed by atoms with Crippen LogP contribution in [0.1, 0.15) is 11.1 Å². The second-order valence-corrected chi connectivity index (χ2v) is 6.50. The molecular weight excluding hydrogens is 316 g/mol. The number of aryl methyl sites for hydroxylation is 2. The molecule has 4 aromatic rings. The minimum atomic E-state index is 0.907. The summed E-state index contributed by atoms with van der Waals surface area (Å²) in [5.74, 6) is 0. The third kappa shape index (κ3) is 3.14. The highest BCUT2D eigenvalue weighted by Crippen LogP contribution is 2.32. The summed E-state index contributed by atoms with van der Waals surface area (Å²) < 4.78 is 0. The number of benzene rings is 3. The van der Waals surface area contributed by atoms with E-state index >= 15 is 0 Å². The molecule has 0 amide bonds. The number of hydrogen-bond acceptors (Lipinski definition) is 2. The Kier molecular flexibility index (Phi) is 4.32. The van der Waals surface area contributed by atoms with E-state index < -0.39 is 0 Å². The molecule has 0 aliphatic rings. The lowest BCUT2D eigenvalue weighted by Gasteiger charge is -2.12. The van der Waals surface area contributed by atoms with E-state index in [9.17, 15) is 0 Å². The first-order valence-corrected chi connectivity index (χ1v) is 8.78. The SMILES string of the molecule is Cc1ccc(C)c(-c2cnc(-c3ccccc3)c(-c3ccccc3)n2)c1. The molecule has 0 spiro atoms. The Labute approximate surface area is 154 Å². The smallest absolute Gasteiger partial charge is 0.0972 e. The summed E-state index contributed by atoms with van der Waals surface area (Å²) in [6.07, 6.45) is 1.89. The van der Waals surface area contributed by atoms with Crippen LogP contribution in [0, 0.1) is 13.8 Å². The minimum Gasteiger partial charge on any atom is -0.252 e. The molecule has 1 heterocycles. The van der Waals surface area contributed by atoms with E-state index in [1.54, 1.807) is 0 Å². The normalized spacial score (nSPS) is 10.7. The Hall–Kier alpha value is -3.26. The fraction of sp³-hybridized carbons (Fsp3) is 0.0833. The Morgan fingerprint density at radius 2 is 1.27 bits per heavy atom. The zero-order chi connectivity index (χ0) is 17.9. The van der Waals surface area contributed by atoms with E-state index in [4.69, 9.17) is 9.97 Å². The predicted octanol–water partition coefficient (Wildman–Crippen LogP) is 6.09. The van der Waals surface area contributed by atoms with Gasteiger partial charge in [-0.2, -0.15) is 0 Å². The minimum absolute atomic E-state index is 0.907. The van der Waals surface area contributed by atoms with Gasteiger partial charge in [0.2, 0.25) is 0 Å². The molecule has 2 nitrogen and oxygen atoms in total. The van der Waals surface area contributed by atoms with Gasteiger partial charge in [-0.25, -0.2) is 4.98 Å². The third-order valence-corrected chi connectivity index (χ3v) is 4.54. The van der Waals surface area contributed by atoms with Gasteiger partial charge in [0.25, 0.3) is 0 Å². The average Bonchev–Trinajstić information content (AvgIpc) is 2.71. The van der Waals surface area contributed by atoms with Gasteiger partial charge in [-0.15, -0.1) is 0 Å². The van der Waals surface area contributed by atoms with Crippen LogP contribution in [0.25, 0.3) is 33.8 Å². The van der Waals surface area contributed by atoms with E-state index in [2.05, 4.69) is 56.3 Å². The van der Waals surface area contributed by atoms with Crippen LogP contribution >= 0.6 is 0 Å².